The van der Waals surface area contributed by atoms with Crippen molar-refractivity contribution in [3.05, 3.63) is 16.8 Å². The van der Waals surface area contributed by atoms with E-state index in [0.717, 1.165) is 29.2 Å². The van der Waals surface area contributed by atoms with Crippen LogP contribution in [-0.4, -0.2) is 41.0 Å². The van der Waals surface area contributed by atoms with Gasteiger partial charge in [0.05, 0.1) is 30.5 Å². The van der Waals surface area contributed by atoms with E-state index in [4.69, 9.17) is 22.7 Å². The number of anilines is 1. The van der Waals surface area contributed by atoms with Crippen molar-refractivity contribution in [3.8, 4) is 0 Å². The lowest BCUT2D eigenvalue weighted by Gasteiger charge is -2.35. The van der Waals surface area contributed by atoms with E-state index in [2.05, 4.69) is 22.0 Å². The number of thiocarbonyl (C=S) groups is 1. The molecule has 1 saturated heterocycles. The molecule has 1 aromatic heterocycles. The zero-order valence-electron chi connectivity index (χ0n) is 10.9. The number of ether oxygens (including phenoxy) is 1. The number of nitrogens with two attached hydrogens (primary N) is 1. The number of morpholine rings is 1. The summed E-state index contributed by atoms with van der Waals surface area (Å²) < 4.78 is 5.43. The molecule has 2 N–H and O–H groups in total. The molecule has 0 amide bonds. The lowest BCUT2D eigenvalue weighted by atomic mass is 10.1. The number of aryl methyl sites for hydroxylation is 1. The third-order valence-electron chi connectivity index (χ3n) is 3.32. The van der Waals surface area contributed by atoms with E-state index in [1.807, 2.05) is 13.8 Å². The van der Waals surface area contributed by atoms with Gasteiger partial charge in [-0.3, -0.25) is 0 Å². The number of aromatic nitrogens is 2. The van der Waals surface area contributed by atoms with Crippen LogP contribution in [0.25, 0.3) is 0 Å². The molecule has 0 bridgehead atoms. The Labute approximate surface area is 112 Å². The second-order valence-electron chi connectivity index (χ2n) is 4.59. The van der Waals surface area contributed by atoms with E-state index < -0.39 is 0 Å². The van der Waals surface area contributed by atoms with E-state index in [9.17, 15) is 0 Å². The van der Waals surface area contributed by atoms with Crippen LogP contribution >= 0.6 is 12.2 Å². The SMILES string of the molecule is Cc1nnc(N2CCOCC2C)c(C(N)=S)c1C. The van der Waals surface area contributed by atoms with Crippen molar-refractivity contribution in [2.75, 3.05) is 24.7 Å². The van der Waals surface area contributed by atoms with Crippen molar-refractivity contribution in [2.24, 2.45) is 5.73 Å². The zero-order chi connectivity index (χ0) is 13.3. The van der Waals surface area contributed by atoms with Crippen LogP contribution < -0.4 is 10.6 Å². The van der Waals surface area contributed by atoms with Crippen LogP contribution in [0.1, 0.15) is 23.7 Å². The molecule has 2 heterocycles. The van der Waals surface area contributed by atoms with Gasteiger partial charge in [0.1, 0.15) is 4.99 Å². The Balaban J connectivity index is 2.49. The highest BCUT2D eigenvalue weighted by molar-refractivity contribution is 7.80. The Kier molecular flexibility index (Phi) is 3.77. The molecule has 0 saturated carbocycles. The molecule has 2 rings (SSSR count). The van der Waals surface area contributed by atoms with E-state index in [0.29, 0.717) is 18.2 Å². The maximum atomic E-state index is 5.84. The Morgan fingerprint density at radius 3 is 2.78 bits per heavy atom. The van der Waals surface area contributed by atoms with Crippen LogP contribution in [0.3, 0.4) is 0 Å². The lowest BCUT2D eigenvalue weighted by molar-refractivity contribution is 0.0984. The molecular formula is C12H18N4OS. The largest absolute Gasteiger partial charge is 0.389 e. The second-order valence-corrected chi connectivity index (χ2v) is 5.03. The van der Waals surface area contributed by atoms with Gasteiger partial charge in [0.15, 0.2) is 5.82 Å². The summed E-state index contributed by atoms with van der Waals surface area (Å²) in [6, 6.07) is 0.253. The van der Waals surface area contributed by atoms with Crippen LogP contribution in [0.5, 0.6) is 0 Å². The summed E-state index contributed by atoms with van der Waals surface area (Å²) >= 11 is 5.16. The first-order valence-electron chi connectivity index (χ1n) is 6.00. The van der Waals surface area contributed by atoms with Gasteiger partial charge in [-0.15, -0.1) is 5.10 Å². The summed E-state index contributed by atoms with van der Waals surface area (Å²) in [6.45, 7) is 8.15. The van der Waals surface area contributed by atoms with Crippen LogP contribution in [0.4, 0.5) is 5.82 Å². The van der Waals surface area contributed by atoms with Gasteiger partial charge < -0.3 is 15.4 Å². The smallest absolute Gasteiger partial charge is 0.162 e. The molecule has 0 radical (unpaired) electrons. The van der Waals surface area contributed by atoms with Crippen LogP contribution in [0.2, 0.25) is 0 Å². The molecule has 98 valence electrons. The van der Waals surface area contributed by atoms with Gasteiger partial charge in [-0.25, -0.2) is 0 Å². The summed E-state index contributed by atoms with van der Waals surface area (Å²) in [5.41, 5.74) is 8.55. The van der Waals surface area contributed by atoms with E-state index in [-0.39, 0.29) is 6.04 Å². The Morgan fingerprint density at radius 2 is 2.17 bits per heavy atom. The highest BCUT2D eigenvalue weighted by Crippen LogP contribution is 2.25. The Bertz CT molecular complexity index is 477. The van der Waals surface area contributed by atoms with Crippen molar-refractivity contribution >= 4 is 23.0 Å². The van der Waals surface area contributed by atoms with Crippen molar-refractivity contribution < 1.29 is 4.74 Å². The quantitative estimate of drug-likeness (QED) is 0.804. The number of hydrogen-bond donors (Lipinski definition) is 1. The first kappa shape index (κ1) is 13.2. The molecule has 1 aliphatic heterocycles. The van der Waals surface area contributed by atoms with E-state index in [1.54, 1.807) is 0 Å². The molecule has 0 aromatic carbocycles. The van der Waals surface area contributed by atoms with Gasteiger partial charge >= 0.3 is 0 Å². The molecule has 1 unspecified atom stereocenters. The van der Waals surface area contributed by atoms with E-state index >= 15 is 0 Å². The third kappa shape index (κ3) is 2.30. The first-order valence-corrected chi connectivity index (χ1v) is 6.41. The molecule has 18 heavy (non-hydrogen) atoms. The standard InChI is InChI=1S/C12H18N4OS/c1-7-6-17-5-4-16(7)12-10(11(13)18)8(2)9(3)14-15-12/h7H,4-6H2,1-3H3,(H2,13,18). The number of nitrogens with zero attached hydrogens (tertiary/aromatic N) is 3. The molecule has 1 aliphatic rings. The van der Waals surface area contributed by atoms with Gasteiger partial charge in [-0.05, 0) is 26.3 Å². The van der Waals surface area contributed by atoms with Crippen molar-refractivity contribution in [3.63, 3.8) is 0 Å². The number of rotatable bonds is 2. The summed E-state index contributed by atoms with van der Waals surface area (Å²) in [7, 11) is 0. The summed E-state index contributed by atoms with van der Waals surface area (Å²) in [6.07, 6.45) is 0. The fourth-order valence-electron chi connectivity index (χ4n) is 2.13. The Hall–Kier alpha value is -1.27. The minimum Gasteiger partial charge on any atom is -0.389 e. The predicted octanol–water partition coefficient (Wildman–Crippen LogP) is 0.953. The van der Waals surface area contributed by atoms with Crippen molar-refractivity contribution in [1.29, 1.82) is 0 Å². The second kappa shape index (κ2) is 5.16. The maximum absolute atomic E-state index is 5.84. The van der Waals surface area contributed by atoms with Gasteiger partial charge in [-0.1, -0.05) is 12.2 Å². The average Bonchev–Trinajstić information content (AvgIpc) is 2.33. The molecular weight excluding hydrogens is 248 g/mol. The molecule has 6 heteroatoms. The van der Waals surface area contributed by atoms with E-state index in [1.165, 1.54) is 0 Å². The summed E-state index contributed by atoms with van der Waals surface area (Å²) in [5.74, 6) is 0.779. The molecule has 1 aromatic rings. The Morgan fingerprint density at radius 1 is 1.44 bits per heavy atom. The third-order valence-corrected chi connectivity index (χ3v) is 3.53. The maximum Gasteiger partial charge on any atom is 0.162 e. The number of hydrogen-bond acceptors (Lipinski definition) is 5. The molecule has 5 nitrogen and oxygen atoms in total. The normalized spacial score (nSPS) is 19.9. The molecule has 1 fully saturated rings. The van der Waals surface area contributed by atoms with Crippen molar-refractivity contribution in [2.45, 2.75) is 26.8 Å². The minimum absolute atomic E-state index is 0.253. The lowest BCUT2D eigenvalue weighted by Crippen LogP contribution is -2.45. The fourth-order valence-corrected chi connectivity index (χ4v) is 2.38. The zero-order valence-corrected chi connectivity index (χ0v) is 11.8. The van der Waals surface area contributed by atoms with Crippen LogP contribution in [0.15, 0.2) is 0 Å². The monoisotopic (exact) mass is 266 g/mol. The summed E-state index contributed by atoms with van der Waals surface area (Å²) in [5, 5.41) is 8.47. The van der Waals surface area contributed by atoms with Gasteiger partial charge in [0, 0.05) is 6.54 Å². The van der Waals surface area contributed by atoms with Crippen molar-refractivity contribution in [1.82, 2.24) is 10.2 Å². The fraction of sp³-hybridized carbons (Fsp3) is 0.583. The van der Waals surface area contributed by atoms with Crippen LogP contribution in [0, 0.1) is 13.8 Å². The minimum atomic E-state index is 0.253. The van der Waals surface area contributed by atoms with Gasteiger partial charge in [0.2, 0.25) is 0 Å². The highest BCUT2D eigenvalue weighted by atomic mass is 32.1. The molecule has 0 aliphatic carbocycles. The van der Waals surface area contributed by atoms with Crippen LogP contribution in [-0.2, 0) is 4.74 Å². The summed E-state index contributed by atoms with van der Waals surface area (Å²) in [4.78, 5) is 2.54. The molecule has 0 spiro atoms. The average molecular weight is 266 g/mol. The first-order chi connectivity index (χ1) is 8.52. The van der Waals surface area contributed by atoms with Gasteiger partial charge in [0.25, 0.3) is 0 Å². The molecule has 1 atom stereocenters. The predicted molar refractivity (Wildman–Crippen MR) is 75.0 cm³/mol. The van der Waals surface area contributed by atoms with Gasteiger partial charge in [-0.2, -0.15) is 5.10 Å². The highest BCUT2D eigenvalue weighted by Gasteiger charge is 2.25. The topological polar surface area (TPSA) is 64.3 Å².